The number of carbonyl (C=O) groups is 1. The molecule has 1 unspecified atom stereocenters. The van der Waals surface area contributed by atoms with E-state index >= 15 is 0 Å². The van der Waals surface area contributed by atoms with Gasteiger partial charge in [-0.25, -0.2) is 4.39 Å². The molecule has 4 heteroatoms. The van der Waals surface area contributed by atoms with Crippen molar-refractivity contribution >= 4 is 5.91 Å². The summed E-state index contributed by atoms with van der Waals surface area (Å²) >= 11 is 0. The molecule has 0 aromatic carbocycles. The van der Waals surface area contributed by atoms with Crippen LogP contribution < -0.4 is 0 Å². The smallest absolute Gasteiger partial charge is 0.225 e. The minimum absolute atomic E-state index is 0.233. The second-order valence-corrected chi connectivity index (χ2v) is 2.27. The number of amides is 1. The highest BCUT2D eigenvalue weighted by atomic mass is 19.1. The second kappa shape index (κ2) is 4.22. The summed E-state index contributed by atoms with van der Waals surface area (Å²) in [6.07, 6.45) is -1.65. The van der Waals surface area contributed by atoms with Gasteiger partial charge in [0.05, 0.1) is 13.0 Å². The molecule has 0 heterocycles. The molecule has 0 aliphatic carbocycles. The predicted molar refractivity (Wildman–Crippen MR) is 35.3 cm³/mol. The highest BCUT2D eigenvalue weighted by Crippen LogP contribution is 1.98. The van der Waals surface area contributed by atoms with Gasteiger partial charge in [-0.15, -0.1) is 0 Å². The second-order valence-electron chi connectivity index (χ2n) is 2.27. The van der Waals surface area contributed by atoms with Crippen molar-refractivity contribution in [1.82, 2.24) is 4.90 Å². The average molecular weight is 149 g/mol. The zero-order chi connectivity index (χ0) is 8.15. The number of aliphatic hydroxyl groups excluding tert-OH is 1. The molecule has 3 nitrogen and oxygen atoms in total. The summed E-state index contributed by atoms with van der Waals surface area (Å²) in [5.74, 6) is -0.304. The Kier molecular flexibility index (Phi) is 3.95. The van der Waals surface area contributed by atoms with Gasteiger partial charge in [0.25, 0.3) is 0 Å². The monoisotopic (exact) mass is 149 g/mol. The van der Waals surface area contributed by atoms with Crippen LogP contribution in [0.3, 0.4) is 0 Å². The van der Waals surface area contributed by atoms with E-state index in [-0.39, 0.29) is 12.3 Å². The van der Waals surface area contributed by atoms with Gasteiger partial charge in [-0.2, -0.15) is 0 Å². The molecule has 60 valence electrons. The standard InChI is InChI=1S/C6H12FNO2/c1-8(2)6(10)3-5(7)4-9/h5,9H,3-4H2,1-2H3. The zero-order valence-electron chi connectivity index (χ0n) is 6.17. The Hall–Kier alpha value is -0.640. The largest absolute Gasteiger partial charge is 0.393 e. The Morgan fingerprint density at radius 2 is 2.20 bits per heavy atom. The van der Waals surface area contributed by atoms with Crippen LogP contribution in [0.1, 0.15) is 6.42 Å². The molecule has 0 bridgehead atoms. The Morgan fingerprint density at radius 1 is 1.70 bits per heavy atom. The molecule has 0 spiro atoms. The minimum atomic E-state index is -1.42. The van der Waals surface area contributed by atoms with Crippen LogP contribution in [0.25, 0.3) is 0 Å². The molecule has 1 atom stereocenters. The van der Waals surface area contributed by atoms with Gasteiger partial charge in [0.15, 0.2) is 0 Å². The lowest BCUT2D eigenvalue weighted by molar-refractivity contribution is -0.130. The van der Waals surface area contributed by atoms with Crippen molar-refractivity contribution in [2.24, 2.45) is 0 Å². The number of halogens is 1. The van der Waals surface area contributed by atoms with Gasteiger partial charge < -0.3 is 10.0 Å². The van der Waals surface area contributed by atoms with E-state index in [0.29, 0.717) is 0 Å². The summed E-state index contributed by atoms with van der Waals surface area (Å²) in [6.45, 7) is -0.584. The third kappa shape index (κ3) is 3.40. The first-order valence-corrected chi connectivity index (χ1v) is 3.03. The van der Waals surface area contributed by atoms with Crippen LogP contribution in [0, 0.1) is 0 Å². The molecule has 0 aromatic heterocycles. The quantitative estimate of drug-likeness (QED) is 0.603. The molecule has 0 fully saturated rings. The summed E-state index contributed by atoms with van der Waals surface area (Å²) in [6, 6.07) is 0. The highest BCUT2D eigenvalue weighted by Gasteiger charge is 2.11. The Bertz CT molecular complexity index is 116. The number of nitrogens with zero attached hydrogens (tertiary/aromatic N) is 1. The molecular weight excluding hydrogens is 137 g/mol. The molecule has 10 heavy (non-hydrogen) atoms. The summed E-state index contributed by atoms with van der Waals surface area (Å²) in [5, 5.41) is 8.22. The zero-order valence-corrected chi connectivity index (χ0v) is 6.17. The SMILES string of the molecule is CN(C)C(=O)CC(F)CO. The van der Waals surface area contributed by atoms with Crippen molar-refractivity contribution in [3.63, 3.8) is 0 Å². The summed E-state index contributed by atoms with van der Waals surface area (Å²) in [4.78, 5) is 12.0. The molecule has 1 amide bonds. The molecule has 0 aliphatic heterocycles. The topological polar surface area (TPSA) is 40.5 Å². The fraction of sp³-hybridized carbons (Fsp3) is 0.833. The Labute approximate surface area is 59.4 Å². The fourth-order valence-corrected chi connectivity index (χ4v) is 0.437. The van der Waals surface area contributed by atoms with Crippen molar-refractivity contribution in [1.29, 1.82) is 0 Å². The molecule has 0 saturated carbocycles. The van der Waals surface area contributed by atoms with Crippen LogP contribution in [-0.2, 0) is 4.79 Å². The third-order valence-corrected chi connectivity index (χ3v) is 1.09. The van der Waals surface area contributed by atoms with E-state index < -0.39 is 12.8 Å². The number of hydrogen-bond donors (Lipinski definition) is 1. The third-order valence-electron chi connectivity index (χ3n) is 1.09. The van der Waals surface area contributed by atoms with Gasteiger partial charge in [-0.3, -0.25) is 4.79 Å². The van der Waals surface area contributed by atoms with Crippen molar-refractivity contribution in [3.8, 4) is 0 Å². The molecule has 0 aliphatic rings. The molecule has 0 saturated heterocycles. The van der Waals surface area contributed by atoms with Gasteiger partial charge >= 0.3 is 0 Å². The highest BCUT2D eigenvalue weighted by molar-refractivity contribution is 5.76. The van der Waals surface area contributed by atoms with Gasteiger partial charge in [0.2, 0.25) is 5.91 Å². The lowest BCUT2D eigenvalue weighted by Gasteiger charge is -2.10. The number of hydrogen-bond acceptors (Lipinski definition) is 2. The number of aliphatic hydroxyl groups is 1. The van der Waals surface area contributed by atoms with Crippen molar-refractivity contribution in [2.45, 2.75) is 12.6 Å². The minimum Gasteiger partial charge on any atom is -0.393 e. The fourth-order valence-electron chi connectivity index (χ4n) is 0.437. The number of carbonyl (C=O) groups excluding carboxylic acids is 1. The maximum Gasteiger partial charge on any atom is 0.225 e. The van der Waals surface area contributed by atoms with E-state index in [1.165, 1.54) is 4.90 Å². The molecule has 0 radical (unpaired) electrons. The molecule has 0 rings (SSSR count). The lowest BCUT2D eigenvalue weighted by atomic mass is 10.3. The van der Waals surface area contributed by atoms with Crippen LogP contribution in [-0.4, -0.2) is 42.8 Å². The van der Waals surface area contributed by atoms with E-state index in [1.807, 2.05) is 0 Å². The van der Waals surface area contributed by atoms with Crippen LogP contribution in [0.4, 0.5) is 4.39 Å². The van der Waals surface area contributed by atoms with Crippen LogP contribution in [0.2, 0.25) is 0 Å². The van der Waals surface area contributed by atoms with Crippen molar-refractivity contribution in [2.75, 3.05) is 20.7 Å². The van der Waals surface area contributed by atoms with E-state index in [4.69, 9.17) is 5.11 Å². The first kappa shape index (κ1) is 9.36. The molecular formula is C6H12FNO2. The first-order valence-electron chi connectivity index (χ1n) is 3.03. The van der Waals surface area contributed by atoms with E-state index in [1.54, 1.807) is 14.1 Å². The normalized spacial score (nSPS) is 12.8. The van der Waals surface area contributed by atoms with E-state index in [2.05, 4.69) is 0 Å². The van der Waals surface area contributed by atoms with E-state index in [9.17, 15) is 9.18 Å². The first-order chi connectivity index (χ1) is 4.57. The maximum atomic E-state index is 12.2. The van der Waals surface area contributed by atoms with Crippen molar-refractivity contribution < 1.29 is 14.3 Å². The van der Waals surface area contributed by atoms with Gasteiger partial charge in [0.1, 0.15) is 6.17 Å². The number of rotatable bonds is 3. The van der Waals surface area contributed by atoms with Gasteiger partial charge in [-0.1, -0.05) is 0 Å². The Morgan fingerprint density at radius 3 is 2.50 bits per heavy atom. The molecule has 1 N–H and O–H groups in total. The number of alkyl halides is 1. The average Bonchev–Trinajstić information content (AvgIpc) is 1.87. The van der Waals surface area contributed by atoms with Crippen molar-refractivity contribution in [3.05, 3.63) is 0 Å². The molecule has 0 aromatic rings. The Balaban J connectivity index is 3.57. The maximum absolute atomic E-state index is 12.2. The van der Waals surface area contributed by atoms with Gasteiger partial charge in [0, 0.05) is 14.1 Å². The van der Waals surface area contributed by atoms with Gasteiger partial charge in [-0.05, 0) is 0 Å². The predicted octanol–water partition coefficient (Wildman–Crippen LogP) is -0.205. The summed E-state index contributed by atoms with van der Waals surface area (Å²) in [5.41, 5.74) is 0. The van der Waals surface area contributed by atoms with E-state index in [0.717, 1.165) is 0 Å². The van der Waals surface area contributed by atoms with Crippen LogP contribution in [0.5, 0.6) is 0 Å². The summed E-state index contributed by atoms with van der Waals surface area (Å²) in [7, 11) is 3.10. The van der Waals surface area contributed by atoms with Crippen LogP contribution >= 0.6 is 0 Å². The summed E-state index contributed by atoms with van der Waals surface area (Å²) < 4.78 is 12.2. The lowest BCUT2D eigenvalue weighted by Crippen LogP contribution is -2.25. The van der Waals surface area contributed by atoms with Crippen LogP contribution in [0.15, 0.2) is 0 Å².